The van der Waals surface area contributed by atoms with Crippen molar-refractivity contribution in [1.29, 1.82) is 0 Å². The van der Waals surface area contributed by atoms with E-state index in [0.29, 0.717) is 10.9 Å². The van der Waals surface area contributed by atoms with Gasteiger partial charge in [-0.25, -0.2) is 14.5 Å². The first kappa shape index (κ1) is 11.3. The fourth-order valence-corrected chi connectivity index (χ4v) is 1.66. The van der Waals surface area contributed by atoms with E-state index in [1.807, 2.05) is 0 Å². The molecule has 0 aliphatic heterocycles. The first-order chi connectivity index (χ1) is 9.22. The molecule has 0 unspecified atom stereocenters. The number of carbonyl (C=O) groups is 1. The first-order valence-corrected chi connectivity index (χ1v) is 5.45. The molecule has 2 N–H and O–H groups in total. The molecule has 0 spiro atoms. The summed E-state index contributed by atoms with van der Waals surface area (Å²) in [5.74, 6) is -0.512. The Bertz CT molecular complexity index is 741. The Hall–Kier alpha value is -2.83. The predicted octanol–water partition coefficient (Wildman–Crippen LogP) is 1.74. The zero-order valence-corrected chi connectivity index (χ0v) is 9.59. The number of H-pyrrole nitrogens is 1. The number of pyridine rings is 1. The lowest BCUT2D eigenvalue weighted by atomic mass is 10.2. The summed E-state index contributed by atoms with van der Waals surface area (Å²) in [6, 6.07) is 7.35. The maximum Gasteiger partial charge on any atom is 0.276 e. The van der Waals surface area contributed by atoms with Crippen molar-refractivity contribution in [2.45, 2.75) is 0 Å². The molecule has 2 heterocycles. The van der Waals surface area contributed by atoms with Gasteiger partial charge in [-0.2, -0.15) is 10.1 Å². The minimum Gasteiger partial charge on any atom is -0.289 e. The molecule has 7 heteroatoms. The number of benzene rings is 1. The summed E-state index contributed by atoms with van der Waals surface area (Å²) in [4.78, 5) is 19.8. The first-order valence-electron chi connectivity index (χ1n) is 5.45. The summed E-state index contributed by atoms with van der Waals surface area (Å²) in [5.41, 5.74) is 0.766. The Balaban J connectivity index is 1.92. The molecule has 0 fully saturated rings. The quantitative estimate of drug-likeness (QED) is 0.732. The van der Waals surface area contributed by atoms with Crippen LogP contribution in [0.4, 0.5) is 10.3 Å². The van der Waals surface area contributed by atoms with Gasteiger partial charge in [-0.3, -0.25) is 10.1 Å². The molecule has 2 aromatic heterocycles. The smallest absolute Gasteiger partial charge is 0.276 e. The molecule has 0 radical (unpaired) electrons. The van der Waals surface area contributed by atoms with Crippen molar-refractivity contribution in [3.8, 4) is 0 Å². The molecule has 1 aromatic carbocycles. The highest BCUT2D eigenvalue weighted by Crippen LogP contribution is 2.14. The minimum atomic E-state index is -0.414. The van der Waals surface area contributed by atoms with Crippen LogP contribution in [0.2, 0.25) is 0 Å². The van der Waals surface area contributed by atoms with E-state index >= 15 is 0 Å². The maximum atomic E-state index is 13.0. The number of carbonyl (C=O) groups excluding carboxylic acids is 1. The van der Waals surface area contributed by atoms with Crippen molar-refractivity contribution >= 4 is 22.8 Å². The summed E-state index contributed by atoms with van der Waals surface area (Å²) >= 11 is 0. The molecule has 94 valence electrons. The van der Waals surface area contributed by atoms with Crippen LogP contribution in [-0.2, 0) is 0 Å². The third-order valence-electron chi connectivity index (χ3n) is 2.53. The Kier molecular flexibility index (Phi) is 2.64. The van der Waals surface area contributed by atoms with Crippen LogP contribution in [0, 0.1) is 5.82 Å². The fraction of sp³-hybridized carbons (Fsp3) is 0. The molecule has 1 amide bonds. The minimum absolute atomic E-state index is 0.218. The van der Waals surface area contributed by atoms with Crippen molar-refractivity contribution in [3.63, 3.8) is 0 Å². The largest absolute Gasteiger partial charge is 0.289 e. The highest BCUT2D eigenvalue weighted by molar-refractivity contribution is 6.03. The number of nitrogens with one attached hydrogen (secondary N) is 2. The monoisotopic (exact) mass is 257 g/mol. The van der Waals surface area contributed by atoms with Crippen molar-refractivity contribution in [2.24, 2.45) is 0 Å². The number of fused-ring (bicyclic) bond motifs is 1. The summed E-state index contributed by atoms with van der Waals surface area (Å²) < 4.78 is 13.0. The molecule has 0 aliphatic carbocycles. The summed E-state index contributed by atoms with van der Waals surface area (Å²) in [6.45, 7) is 0. The van der Waals surface area contributed by atoms with Crippen molar-refractivity contribution in [1.82, 2.24) is 20.2 Å². The summed E-state index contributed by atoms with van der Waals surface area (Å²) in [6.07, 6.45) is 1.28. The van der Waals surface area contributed by atoms with Gasteiger partial charge in [0.15, 0.2) is 0 Å². The van der Waals surface area contributed by atoms with Gasteiger partial charge in [0.1, 0.15) is 17.8 Å². The number of rotatable bonds is 2. The van der Waals surface area contributed by atoms with Crippen LogP contribution in [0.25, 0.3) is 10.9 Å². The number of aromatic nitrogens is 4. The Morgan fingerprint density at radius 1 is 1.26 bits per heavy atom. The van der Waals surface area contributed by atoms with Crippen LogP contribution in [0.5, 0.6) is 0 Å². The predicted molar refractivity (Wildman–Crippen MR) is 66.0 cm³/mol. The molecule has 0 saturated heterocycles. The molecule has 0 atom stereocenters. The van der Waals surface area contributed by atoms with Crippen LogP contribution < -0.4 is 5.32 Å². The number of aromatic amines is 1. The van der Waals surface area contributed by atoms with Crippen molar-refractivity contribution < 1.29 is 9.18 Å². The number of amides is 1. The SMILES string of the molecule is O=C(Nc1ncn[nH]1)c1ccc2cc(F)ccc2n1. The van der Waals surface area contributed by atoms with Crippen molar-refractivity contribution in [3.05, 3.63) is 48.2 Å². The van der Waals surface area contributed by atoms with Crippen LogP contribution in [0.3, 0.4) is 0 Å². The highest BCUT2D eigenvalue weighted by Gasteiger charge is 2.10. The van der Waals surface area contributed by atoms with E-state index in [2.05, 4.69) is 25.5 Å². The van der Waals surface area contributed by atoms with Crippen LogP contribution in [0.15, 0.2) is 36.7 Å². The van der Waals surface area contributed by atoms with Gasteiger partial charge in [-0.15, -0.1) is 0 Å². The molecule has 3 rings (SSSR count). The average Bonchev–Trinajstić information content (AvgIpc) is 2.91. The van der Waals surface area contributed by atoms with Gasteiger partial charge in [0.05, 0.1) is 5.52 Å². The molecule has 0 saturated carbocycles. The topological polar surface area (TPSA) is 83.6 Å². The van der Waals surface area contributed by atoms with E-state index < -0.39 is 5.91 Å². The number of anilines is 1. The van der Waals surface area contributed by atoms with Crippen molar-refractivity contribution in [2.75, 3.05) is 5.32 Å². The number of nitrogens with zero attached hydrogens (tertiary/aromatic N) is 3. The lowest BCUT2D eigenvalue weighted by molar-refractivity contribution is 0.102. The van der Waals surface area contributed by atoms with Crippen LogP contribution >= 0.6 is 0 Å². The Morgan fingerprint density at radius 3 is 2.95 bits per heavy atom. The van der Waals surface area contributed by atoms with Gasteiger partial charge in [0.2, 0.25) is 5.95 Å². The van der Waals surface area contributed by atoms with Gasteiger partial charge in [0.25, 0.3) is 5.91 Å². The summed E-state index contributed by atoms with van der Waals surface area (Å²) in [7, 11) is 0. The second-order valence-electron chi connectivity index (χ2n) is 3.82. The zero-order chi connectivity index (χ0) is 13.2. The third-order valence-corrected chi connectivity index (χ3v) is 2.53. The van der Waals surface area contributed by atoms with Crippen LogP contribution in [0.1, 0.15) is 10.5 Å². The Labute approximate surface area is 106 Å². The number of hydrogen-bond donors (Lipinski definition) is 2. The molecular formula is C12H8FN5O. The lowest BCUT2D eigenvalue weighted by Gasteiger charge is -2.03. The van der Waals surface area contributed by atoms with Crippen LogP contribution in [-0.4, -0.2) is 26.1 Å². The lowest BCUT2D eigenvalue weighted by Crippen LogP contribution is -2.14. The zero-order valence-electron chi connectivity index (χ0n) is 9.59. The molecular weight excluding hydrogens is 249 g/mol. The van der Waals surface area contributed by atoms with Gasteiger partial charge in [-0.05, 0) is 24.3 Å². The second-order valence-corrected chi connectivity index (χ2v) is 3.82. The van der Waals surface area contributed by atoms with E-state index in [-0.39, 0.29) is 17.5 Å². The maximum absolute atomic E-state index is 13.0. The van der Waals surface area contributed by atoms with E-state index in [9.17, 15) is 9.18 Å². The molecule has 19 heavy (non-hydrogen) atoms. The summed E-state index contributed by atoms with van der Waals surface area (Å²) in [5, 5.41) is 9.27. The van der Waals surface area contributed by atoms with Gasteiger partial charge in [-0.1, -0.05) is 6.07 Å². The molecule has 3 aromatic rings. The van der Waals surface area contributed by atoms with Gasteiger partial charge >= 0.3 is 0 Å². The normalized spacial score (nSPS) is 10.6. The van der Waals surface area contributed by atoms with E-state index in [4.69, 9.17) is 0 Å². The van der Waals surface area contributed by atoms with E-state index in [1.165, 1.54) is 30.6 Å². The molecule has 0 aliphatic rings. The standard InChI is InChI=1S/C12H8FN5O/c13-8-2-4-9-7(5-8)1-3-10(16-9)11(19)17-12-14-6-15-18-12/h1-6H,(H2,14,15,17,18,19). The van der Waals surface area contributed by atoms with E-state index in [1.54, 1.807) is 6.07 Å². The van der Waals surface area contributed by atoms with Gasteiger partial charge < -0.3 is 0 Å². The Morgan fingerprint density at radius 2 is 2.16 bits per heavy atom. The average molecular weight is 257 g/mol. The molecule has 0 bridgehead atoms. The van der Waals surface area contributed by atoms with Gasteiger partial charge in [0, 0.05) is 5.39 Å². The fourth-order valence-electron chi connectivity index (χ4n) is 1.66. The second kappa shape index (κ2) is 4.45. The number of hydrogen-bond acceptors (Lipinski definition) is 4. The molecule has 6 nitrogen and oxygen atoms in total. The highest BCUT2D eigenvalue weighted by atomic mass is 19.1. The number of halogens is 1. The van der Waals surface area contributed by atoms with E-state index in [0.717, 1.165) is 0 Å². The third kappa shape index (κ3) is 2.25.